The number of thiocarbonyl (C=S) groups is 1. The lowest BCUT2D eigenvalue weighted by Gasteiger charge is -2.12. The van der Waals surface area contributed by atoms with Gasteiger partial charge in [0.1, 0.15) is 0 Å². The van der Waals surface area contributed by atoms with Gasteiger partial charge in [0.25, 0.3) is 0 Å². The van der Waals surface area contributed by atoms with Gasteiger partial charge in [0.05, 0.1) is 24.3 Å². The van der Waals surface area contributed by atoms with E-state index in [2.05, 4.69) is 56.3 Å². The minimum atomic E-state index is -0.444. The molecule has 4 nitrogen and oxygen atoms in total. The van der Waals surface area contributed by atoms with Crippen molar-refractivity contribution in [3.63, 3.8) is 0 Å². The number of benzene rings is 3. The van der Waals surface area contributed by atoms with Crippen LogP contribution in [-0.2, 0) is 9.47 Å². The van der Waals surface area contributed by atoms with Crippen LogP contribution in [0.25, 0.3) is 16.8 Å². The molecule has 1 aliphatic carbocycles. The van der Waals surface area contributed by atoms with Crippen LogP contribution in [0.15, 0.2) is 66.7 Å². The van der Waals surface area contributed by atoms with E-state index in [0.717, 1.165) is 30.5 Å². The van der Waals surface area contributed by atoms with Crippen molar-refractivity contribution in [1.29, 1.82) is 0 Å². The van der Waals surface area contributed by atoms with Gasteiger partial charge in [-0.3, -0.25) is 0 Å². The van der Waals surface area contributed by atoms with E-state index in [-0.39, 0.29) is 0 Å². The monoisotopic (exact) mass is 586 g/mol. The lowest BCUT2D eigenvalue weighted by molar-refractivity contribution is 0.0450. The van der Waals surface area contributed by atoms with Gasteiger partial charge < -0.3 is 9.47 Å². The van der Waals surface area contributed by atoms with Crippen LogP contribution >= 0.6 is 12.2 Å². The van der Waals surface area contributed by atoms with Gasteiger partial charge in [-0.05, 0) is 47.4 Å². The smallest absolute Gasteiger partial charge is 0.339 e. The third-order valence-corrected chi connectivity index (χ3v) is 7.80. The molecule has 0 fully saturated rings. The summed E-state index contributed by atoms with van der Waals surface area (Å²) in [6, 6.07) is 19.4. The highest BCUT2D eigenvalue weighted by molar-refractivity contribution is 7.81. The van der Waals surface area contributed by atoms with Gasteiger partial charge in [-0.25, -0.2) is 9.59 Å². The number of carbonyl (C=O) groups is 2. The fraction of sp³-hybridized carbons (Fsp3) is 0.432. The van der Waals surface area contributed by atoms with Crippen molar-refractivity contribution in [3.05, 3.63) is 89.0 Å². The van der Waals surface area contributed by atoms with Gasteiger partial charge in [0, 0.05) is 10.4 Å². The zero-order valence-corrected chi connectivity index (χ0v) is 26.2. The summed E-state index contributed by atoms with van der Waals surface area (Å²) >= 11 is 5.31. The quantitative estimate of drug-likeness (QED) is 0.0949. The third-order valence-electron chi connectivity index (χ3n) is 7.45. The number of rotatable bonds is 16. The zero-order valence-electron chi connectivity index (χ0n) is 25.4. The van der Waals surface area contributed by atoms with E-state index in [4.69, 9.17) is 21.7 Å². The summed E-state index contributed by atoms with van der Waals surface area (Å²) in [5, 5.41) is 2.56. The van der Waals surface area contributed by atoms with Crippen molar-refractivity contribution in [1.82, 2.24) is 0 Å². The number of esters is 2. The molecule has 0 spiro atoms. The van der Waals surface area contributed by atoms with Crippen LogP contribution in [0.3, 0.4) is 0 Å². The number of hydrogen-bond acceptors (Lipinski definition) is 5. The van der Waals surface area contributed by atoms with Crippen molar-refractivity contribution in [2.45, 2.75) is 90.9 Å². The standard InChI is InChI=1S/C24H38O4.C13H8S/c1-3-5-7-9-11-15-19-27-23(25)21-17-13-14-18-22(21)24(26)28-20-16-12-10-8-6-4-2;14-12-8-7-10-4-1-3-9-5-2-6-11(12)13(9)10/h13-14,17-18H,3-12,15-16,19-20H2,1-2H3;1-8H. The second-order valence-corrected chi connectivity index (χ2v) is 11.2. The van der Waals surface area contributed by atoms with Crippen LogP contribution in [0.5, 0.6) is 0 Å². The average molecular weight is 587 g/mol. The average Bonchev–Trinajstić information content (AvgIpc) is 3.02. The second kappa shape index (κ2) is 19.0. The molecule has 0 amide bonds. The van der Waals surface area contributed by atoms with Crippen molar-refractivity contribution in [2.24, 2.45) is 0 Å². The Morgan fingerprint density at radius 1 is 0.595 bits per heavy atom. The predicted molar refractivity (Wildman–Crippen MR) is 178 cm³/mol. The molecule has 0 saturated heterocycles. The summed E-state index contributed by atoms with van der Waals surface area (Å²) in [5.74, 6) is -0.888. The molecule has 42 heavy (non-hydrogen) atoms. The Bertz CT molecular complexity index is 1270. The summed E-state index contributed by atoms with van der Waals surface area (Å²) < 4.78 is 10.7. The van der Waals surface area contributed by atoms with Crippen LogP contribution in [0.4, 0.5) is 0 Å². The molecule has 0 aliphatic heterocycles. The molecule has 4 rings (SSSR count). The fourth-order valence-corrected chi connectivity index (χ4v) is 5.30. The van der Waals surface area contributed by atoms with Crippen LogP contribution in [0.1, 0.15) is 123 Å². The highest BCUT2D eigenvalue weighted by Crippen LogP contribution is 2.28. The summed E-state index contributed by atoms with van der Waals surface area (Å²) in [6.45, 7) is 5.17. The molecule has 0 N–H and O–H groups in total. The van der Waals surface area contributed by atoms with E-state index < -0.39 is 11.9 Å². The molecule has 0 unspecified atom stereocenters. The minimum Gasteiger partial charge on any atom is -0.462 e. The maximum Gasteiger partial charge on any atom is 0.339 e. The van der Waals surface area contributed by atoms with Gasteiger partial charge in [0.15, 0.2) is 0 Å². The predicted octanol–water partition coefficient (Wildman–Crippen LogP) is 10.3. The second-order valence-electron chi connectivity index (χ2n) is 10.8. The van der Waals surface area contributed by atoms with Crippen molar-refractivity contribution < 1.29 is 19.1 Å². The molecular formula is C37H46O4S. The Kier molecular flexibility index (Phi) is 15.0. The molecule has 1 aliphatic rings. The van der Waals surface area contributed by atoms with Gasteiger partial charge in [0.2, 0.25) is 0 Å². The van der Waals surface area contributed by atoms with Crippen LogP contribution < -0.4 is 0 Å². The summed E-state index contributed by atoms with van der Waals surface area (Å²) in [6.07, 6.45) is 17.7. The van der Waals surface area contributed by atoms with E-state index in [1.54, 1.807) is 24.3 Å². The zero-order chi connectivity index (χ0) is 30.0. The van der Waals surface area contributed by atoms with Gasteiger partial charge in [-0.15, -0.1) is 0 Å². The highest BCUT2D eigenvalue weighted by Gasteiger charge is 2.18. The molecule has 0 saturated carbocycles. The maximum atomic E-state index is 12.4. The first-order valence-corrected chi connectivity index (χ1v) is 16.1. The van der Waals surface area contributed by atoms with Gasteiger partial charge in [-0.2, -0.15) is 0 Å². The van der Waals surface area contributed by atoms with E-state index >= 15 is 0 Å². The van der Waals surface area contributed by atoms with Crippen molar-refractivity contribution >= 4 is 45.9 Å². The molecule has 3 aromatic rings. The van der Waals surface area contributed by atoms with Crippen LogP contribution in [0.2, 0.25) is 0 Å². The fourth-order valence-electron chi connectivity index (χ4n) is 5.06. The first-order valence-electron chi connectivity index (χ1n) is 15.7. The third kappa shape index (κ3) is 10.5. The summed E-state index contributed by atoms with van der Waals surface area (Å²) in [7, 11) is 0. The van der Waals surface area contributed by atoms with E-state index in [1.807, 2.05) is 6.08 Å². The van der Waals surface area contributed by atoms with E-state index in [9.17, 15) is 9.59 Å². The largest absolute Gasteiger partial charge is 0.462 e. The van der Waals surface area contributed by atoms with E-state index in [1.165, 1.54) is 73.3 Å². The summed E-state index contributed by atoms with van der Waals surface area (Å²) in [4.78, 5) is 25.6. The topological polar surface area (TPSA) is 52.6 Å². The molecule has 224 valence electrons. The highest BCUT2D eigenvalue weighted by atomic mass is 32.1. The van der Waals surface area contributed by atoms with E-state index in [0.29, 0.717) is 24.3 Å². The number of unbranched alkanes of at least 4 members (excludes halogenated alkanes) is 10. The molecule has 3 aromatic carbocycles. The summed E-state index contributed by atoms with van der Waals surface area (Å²) in [5.41, 5.74) is 3.05. The Morgan fingerprint density at radius 3 is 1.64 bits per heavy atom. The SMILES string of the molecule is CCCCCCCCOC(=O)c1ccccc1C(=O)OCCCCCCCC.S=C1C=Cc2cccc3cccc1c23. The molecular weight excluding hydrogens is 540 g/mol. The first-order chi connectivity index (χ1) is 20.6. The normalized spacial score (nSPS) is 11.6. The van der Waals surface area contributed by atoms with Gasteiger partial charge >= 0.3 is 11.9 Å². The number of allylic oxidation sites excluding steroid dienone is 1. The Morgan fingerprint density at radius 2 is 1.10 bits per heavy atom. The Labute approximate surface area is 257 Å². The number of ether oxygens (including phenoxy) is 2. The molecule has 0 heterocycles. The minimum absolute atomic E-state index is 0.293. The van der Waals surface area contributed by atoms with Crippen molar-refractivity contribution in [3.8, 4) is 0 Å². The van der Waals surface area contributed by atoms with Crippen LogP contribution in [0, 0.1) is 0 Å². The van der Waals surface area contributed by atoms with Gasteiger partial charge in [-0.1, -0.05) is 145 Å². The van der Waals surface area contributed by atoms with Crippen LogP contribution in [-0.4, -0.2) is 30.0 Å². The number of carbonyl (C=O) groups excluding carboxylic acids is 2. The first kappa shape index (κ1) is 33.2. The molecule has 0 atom stereocenters. The lowest BCUT2D eigenvalue weighted by atomic mass is 9.93. The molecule has 0 bridgehead atoms. The Hall–Kier alpha value is -3.31. The number of hydrogen-bond donors (Lipinski definition) is 0. The maximum absolute atomic E-state index is 12.4. The lowest BCUT2D eigenvalue weighted by Crippen LogP contribution is -2.15. The molecule has 0 radical (unpaired) electrons. The Balaban J connectivity index is 0.000000283. The van der Waals surface area contributed by atoms with Crippen molar-refractivity contribution in [2.75, 3.05) is 13.2 Å². The molecule has 5 heteroatoms. The molecule has 0 aromatic heterocycles.